The summed E-state index contributed by atoms with van der Waals surface area (Å²) in [6.07, 6.45) is 1.97. The second-order valence-electron chi connectivity index (χ2n) is 5.42. The molecule has 5 N–H and O–H groups in total. The molecule has 0 aliphatic carbocycles. The smallest absolute Gasteiger partial charge is 0.0426 e. The van der Waals surface area contributed by atoms with Crippen LogP contribution in [0.5, 0.6) is 0 Å². The van der Waals surface area contributed by atoms with Gasteiger partial charge in [-0.05, 0) is 29.7 Å². The van der Waals surface area contributed by atoms with Gasteiger partial charge in [-0.15, -0.1) is 0 Å². The van der Waals surface area contributed by atoms with Crippen molar-refractivity contribution < 1.29 is 0 Å². The van der Waals surface area contributed by atoms with E-state index in [1.807, 2.05) is 30.3 Å². The Morgan fingerprint density at radius 3 is 2.61 bits per heavy atom. The average Bonchev–Trinajstić information content (AvgIpc) is 2.26. The minimum atomic E-state index is -0.0530. The zero-order valence-electron chi connectivity index (χ0n) is 11.2. The molecule has 0 aliphatic heterocycles. The van der Waals surface area contributed by atoms with Gasteiger partial charge in [0.15, 0.2) is 0 Å². The van der Waals surface area contributed by atoms with Crippen molar-refractivity contribution in [2.45, 2.75) is 26.8 Å². The third kappa shape index (κ3) is 4.69. The number of hydrogen-bond donors (Lipinski definition) is 3. The fraction of sp³-hybridized carbons (Fsp3) is 0.429. The maximum atomic E-state index is 6.11. The number of nitrogens with two attached hydrogens (primary N) is 2. The van der Waals surface area contributed by atoms with Gasteiger partial charge in [-0.1, -0.05) is 38.4 Å². The van der Waals surface area contributed by atoms with Crippen LogP contribution in [0, 0.1) is 5.41 Å². The van der Waals surface area contributed by atoms with Gasteiger partial charge in [-0.2, -0.15) is 0 Å². The molecule has 1 aromatic rings. The molecule has 1 unspecified atom stereocenters. The summed E-state index contributed by atoms with van der Waals surface area (Å²) in [7, 11) is 0. The topological polar surface area (TPSA) is 64.1 Å². The number of rotatable bonds is 4. The van der Waals surface area contributed by atoms with Gasteiger partial charge in [-0.3, -0.25) is 0 Å². The van der Waals surface area contributed by atoms with Crippen LogP contribution in [0.3, 0.4) is 0 Å². The summed E-state index contributed by atoms with van der Waals surface area (Å²) in [5.74, 6) is 0. The molecule has 100 valence electrons. The van der Waals surface area contributed by atoms with Crippen LogP contribution in [0.15, 0.2) is 36.0 Å². The van der Waals surface area contributed by atoms with E-state index >= 15 is 0 Å². The number of benzene rings is 1. The zero-order valence-corrected chi connectivity index (χ0v) is 12.0. The minimum absolute atomic E-state index is 0.0104. The van der Waals surface area contributed by atoms with Gasteiger partial charge in [0.05, 0.1) is 0 Å². The first-order chi connectivity index (χ1) is 8.32. The maximum Gasteiger partial charge on any atom is 0.0426 e. The Morgan fingerprint density at radius 1 is 1.44 bits per heavy atom. The number of nitrogens with one attached hydrogen (secondary N) is 1. The Hall–Kier alpha value is -1.03. The number of hydrogen-bond acceptors (Lipinski definition) is 3. The van der Waals surface area contributed by atoms with E-state index in [0.29, 0.717) is 11.6 Å². The number of anilines is 1. The van der Waals surface area contributed by atoms with Gasteiger partial charge >= 0.3 is 0 Å². The second-order valence-corrected chi connectivity index (χ2v) is 5.86. The fourth-order valence-electron chi connectivity index (χ4n) is 1.38. The van der Waals surface area contributed by atoms with E-state index in [1.54, 1.807) is 0 Å². The first kappa shape index (κ1) is 15.0. The third-order valence-electron chi connectivity index (χ3n) is 2.73. The Bertz CT molecular complexity index is 421. The lowest BCUT2D eigenvalue weighted by atomic mass is 9.87. The Kier molecular flexibility index (Phi) is 5.20. The molecule has 18 heavy (non-hydrogen) atoms. The molecule has 4 heteroatoms. The molecule has 0 amide bonds. The molecule has 1 atom stereocenters. The molecular weight excluding hydrogens is 246 g/mol. The summed E-state index contributed by atoms with van der Waals surface area (Å²) in [4.78, 5) is 0. The third-order valence-corrected chi connectivity index (χ3v) is 2.97. The van der Waals surface area contributed by atoms with E-state index in [1.165, 1.54) is 0 Å². The van der Waals surface area contributed by atoms with Crippen LogP contribution >= 0.6 is 11.6 Å². The largest absolute Gasteiger partial charge is 0.358 e. The van der Waals surface area contributed by atoms with Gasteiger partial charge < -0.3 is 16.8 Å². The van der Waals surface area contributed by atoms with Crippen LogP contribution in [0.2, 0.25) is 5.02 Å². The van der Waals surface area contributed by atoms with Crippen molar-refractivity contribution in [2.75, 3.05) is 11.9 Å². The monoisotopic (exact) mass is 267 g/mol. The maximum absolute atomic E-state index is 6.11. The molecule has 0 aromatic heterocycles. The van der Waals surface area contributed by atoms with Crippen molar-refractivity contribution in [3.05, 3.63) is 41.1 Å². The number of halogens is 1. The van der Waals surface area contributed by atoms with Gasteiger partial charge in [0.1, 0.15) is 0 Å². The van der Waals surface area contributed by atoms with E-state index in [9.17, 15) is 0 Å². The highest BCUT2D eigenvalue weighted by atomic mass is 35.5. The zero-order chi connectivity index (χ0) is 13.8. The fourth-order valence-corrected chi connectivity index (χ4v) is 1.57. The summed E-state index contributed by atoms with van der Waals surface area (Å²) in [6, 6.07) is 7.47. The van der Waals surface area contributed by atoms with Crippen LogP contribution in [-0.2, 0) is 0 Å². The first-order valence-electron chi connectivity index (χ1n) is 6.02. The predicted molar refractivity (Wildman–Crippen MR) is 79.6 cm³/mol. The van der Waals surface area contributed by atoms with E-state index in [4.69, 9.17) is 23.1 Å². The molecular formula is C14H22ClN3. The molecule has 0 saturated heterocycles. The quantitative estimate of drug-likeness (QED) is 0.786. The molecule has 0 saturated carbocycles. The normalized spacial score (nSPS) is 14.4. The van der Waals surface area contributed by atoms with Gasteiger partial charge in [0.2, 0.25) is 0 Å². The van der Waals surface area contributed by atoms with Crippen LogP contribution in [0.4, 0.5) is 5.69 Å². The molecule has 0 bridgehead atoms. The molecule has 0 heterocycles. The van der Waals surface area contributed by atoms with Gasteiger partial charge in [-0.25, -0.2) is 0 Å². The van der Waals surface area contributed by atoms with Crippen LogP contribution < -0.4 is 16.8 Å². The summed E-state index contributed by atoms with van der Waals surface area (Å²) in [5, 5.41) is 3.94. The summed E-state index contributed by atoms with van der Waals surface area (Å²) in [6.45, 7) is 6.71. The lowest BCUT2D eigenvalue weighted by molar-refractivity contribution is 0.365. The summed E-state index contributed by atoms with van der Waals surface area (Å²) >= 11 is 5.93. The highest BCUT2D eigenvalue weighted by Gasteiger charge is 2.18. The minimum Gasteiger partial charge on any atom is -0.358 e. The van der Waals surface area contributed by atoms with E-state index < -0.39 is 0 Å². The Morgan fingerprint density at radius 2 is 2.11 bits per heavy atom. The Labute approximate surface area is 114 Å². The highest BCUT2D eigenvalue weighted by molar-refractivity contribution is 6.30. The first-order valence-corrected chi connectivity index (χ1v) is 6.39. The van der Waals surface area contributed by atoms with Crippen molar-refractivity contribution in [3.63, 3.8) is 0 Å². The van der Waals surface area contributed by atoms with Crippen molar-refractivity contribution in [1.29, 1.82) is 0 Å². The van der Waals surface area contributed by atoms with Gasteiger partial charge in [0.25, 0.3) is 0 Å². The van der Waals surface area contributed by atoms with E-state index in [2.05, 4.69) is 26.1 Å². The summed E-state index contributed by atoms with van der Waals surface area (Å²) in [5.41, 5.74) is 13.7. The molecule has 0 aliphatic rings. The van der Waals surface area contributed by atoms with Crippen LogP contribution in [-0.4, -0.2) is 12.6 Å². The second kappa shape index (κ2) is 6.23. The SMILES string of the molecule is CC(C)(C)C(N)C=C(CN)Nc1cccc(Cl)c1. The molecule has 0 spiro atoms. The van der Waals surface area contributed by atoms with Crippen molar-refractivity contribution in [1.82, 2.24) is 0 Å². The van der Waals surface area contributed by atoms with Crippen molar-refractivity contribution >= 4 is 17.3 Å². The Balaban J connectivity index is 2.82. The molecule has 1 rings (SSSR count). The van der Waals surface area contributed by atoms with Crippen molar-refractivity contribution in [3.8, 4) is 0 Å². The van der Waals surface area contributed by atoms with E-state index in [0.717, 1.165) is 11.4 Å². The van der Waals surface area contributed by atoms with E-state index in [-0.39, 0.29) is 11.5 Å². The van der Waals surface area contributed by atoms with Gasteiger partial charge in [0, 0.05) is 29.0 Å². The van der Waals surface area contributed by atoms with Crippen LogP contribution in [0.25, 0.3) is 0 Å². The lowest BCUT2D eigenvalue weighted by Crippen LogP contribution is -2.34. The van der Waals surface area contributed by atoms with Crippen LogP contribution in [0.1, 0.15) is 20.8 Å². The molecule has 1 aromatic carbocycles. The molecule has 3 nitrogen and oxygen atoms in total. The average molecular weight is 268 g/mol. The van der Waals surface area contributed by atoms with Crippen molar-refractivity contribution in [2.24, 2.45) is 16.9 Å². The lowest BCUT2D eigenvalue weighted by Gasteiger charge is -2.25. The predicted octanol–water partition coefficient (Wildman–Crippen LogP) is 2.97. The molecule has 0 radical (unpaired) electrons. The standard InChI is InChI=1S/C14H22ClN3/c1-14(2,3)13(17)8-12(9-16)18-11-6-4-5-10(15)7-11/h4-8,13,18H,9,16-17H2,1-3H3. The summed E-state index contributed by atoms with van der Waals surface area (Å²) < 4.78 is 0. The highest BCUT2D eigenvalue weighted by Crippen LogP contribution is 2.20. The molecule has 0 fully saturated rings.